The van der Waals surface area contributed by atoms with Crippen LogP contribution in [0.2, 0.25) is 0 Å². The van der Waals surface area contributed by atoms with E-state index in [0.717, 1.165) is 5.56 Å². The van der Waals surface area contributed by atoms with E-state index in [1.807, 2.05) is 30.3 Å². The van der Waals surface area contributed by atoms with Gasteiger partial charge < -0.3 is 0 Å². The zero-order valence-electron chi connectivity index (χ0n) is 40.7. The van der Waals surface area contributed by atoms with Crippen molar-refractivity contribution < 1.29 is 110 Å². The number of rotatable bonds is 8. The van der Waals surface area contributed by atoms with Gasteiger partial charge in [-0.2, -0.15) is 127 Å². The Morgan fingerprint density at radius 3 is 0.805 bits per heavy atom. The molecular weight excluding hydrogens is 1180 g/mol. The molecule has 0 aliphatic carbocycles. The molecule has 0 bridgehead atoms. The molecule has 1 unspecified atom stereocenters. The molecule has 8 rings (SSSR count). The summed E-state index contributed by atoms with van der Waals surface area (Å²) in [6.07, 6.45) is -52.6. The predicted molar refractivity (Wildman–Crippen MR) is 259 cm³/mol. The van der Waals surface area contributed by atoms with Gasteiger partial charge in [0.05, 0.1) is 44.5 Å². The standard InChI is InChI=1S/C32H12BF24.C23H19OS/c34-25(35,36)13-1-14(26(37,38)39)6-21(5-13)33(22-7-15(27(40,41)42)2-16(8-22)28(43,44)45,23-9-17(29(46,47)48)3-18(10-23)30(49,50)51)24-11-19(31(52,53)54)4-20(12-24)32(55,56)57;1-25(16-22(24)17-9-3-2-4-10-17)23-20-13-7-5-11-18(20)15-19-12-6-8-14-21(19)23/h1-12H;2-15H,16H2,1H3/q-1;+1. The highest BCUT2D eigenvalue weighted by Crippen LogP contribution is 2.42. The number of alkyl halides is 24. The molecule has 27 heteroatoms. The highest BCUT2D eigenvalue weighted by Gasteiger charge is 2.47. The number of carbonyl (C=O) groups is 1. The Hall–Kier alpha value is -7.32. The first-order chi connectivity index (χ1) is 37.5. The van der Waals surface area contributed by atoms with Crippen molar-refractivity contribution >= 4 is 66.2 Å². The SMILES string of the molecule is C[S+](CC(=O)c1ccccc1)c1c2ccccc2cc2ccccc12.FC(F)(F)c1cc([B-](c2cc(C(F)(F)F)cc(C(F)(F)F)c2)(c2cc(C(F)(F)F)cc(C(F)(F)F)c2)c2cc(C(F)(F)F)cc(C(F)(F)F)c2)cc(C(F)(F)F)c1. The normalized spacial score (nSPS) is 13.7. The van der Waals surface area contributed by atoms with Crippen LogP contribution < -0.4 is 21.9 Å². The van der Waals surface area contributed by atoms with Crippen molar-refractivity contribution in [3.63, 3.8) is 0 Å². The number of fused-ring (bicyclic) bond motifs is 2. The highest BCUT2D eigenvalue weighted by atomic mass is 32.2. The Balaban J connectivity index is 0.000000318. The average molecular weight is 1210 g/mol. The van der Waals surface area contributed by atoms with Crippen LogP contribution in [0.3, 0.4) is 0 Å². The minimum Gasteiger partial charge on any atom is -0.289 e. The Bertz CT molecular complexity index is 3170. The summed E-state index contributed by atoms with van der Waals surface area (Å²) >= 11 is 0. The van der Waals surface area contributed by atoms with Crippen LogP contribution in [0.25, 0.3) is 21.5 Å². The molecule has 434 valence electrons. The zero-order valence-corrected chi connectivity index (χ0v) is 41.5. The first-order valence-corrected chi connectivity index (χ1v) is 24.8. The molecule has 0 aromatic heterocycles. The summed E-state index contributed by atoms with van der Waals surface area (Å²) in [6, 6.07) is 20.0. The summed E-state index contributed by atoms with van der Waals surface area (Å²) < 4.78 is 341. The first-order valence-electron chi connectivity index (χ1n) is 23.0. The monoisotopic (exact) mass is 1210 g/mol. The van der Waals surface area contributed by atoms with Crippen LogP contribution in [0.15, 0.2) is 163 Å². The van der Waals surface area contributed by atoms with Gasteiger partial charge in [0.2, 0.25) is 5.78 Å². The molecule has 8 aromatic carbocycles. The lowest BCUT2D eigenvalue weighted by Gasteiger charge is -2.46. The van der Waals surface area contributed by atoms with E-state index < -0.39 is 195 Å². The van der Waals surface area contributed by atoms with Gasteiger partial charge >= 0.3 is 49.4 Å². The fourth-order valence-electron chi connectivity index (χ4n) is 9.39. The number of ketones is 1. The molecule has 0 aliphatic rings. The molecule has 1 nitrogen and oxygen atoms in total. The molecular formula is C55H31BF24OS. The number of carbonyl (C=O) groups excluding carboxylic acids is 1. The summed E-state index contributed by atoms with van der Waals surface area (Å²) in [4.78, 5) is 14.0. The number of halogens is 24. The van der Waals surface area contributed by atoms with Crippen molar-refractivity contribution in [1.29, 1.82) is 0 Å². The second-order valence-corrected chi connectivity index (χ2v) is 20.4. The Labute approximate surface area is 449 Å². The van der Waals surface area contributed by atoms with Crippen LogP contribution in [0, 0.1) is 0 Å². The molecule has 0 spiro atoms. The summed E-state index contributed by atoms with van der Waals surface area (Å²) in [7, 11) is -0.163. The van der Waals surface area contributed by atoms with E-state index in [0.29, 0.717) is 5.75 Å². The van der Waals surface area contributed by atoms with Crippen LogP contribution in [0.1, 0.15) is 54.9 Å². The van der Waals surface area contributed by atoms with Gasteiger partial charge in [-0.05, 0) is 53.2 Å². The molecule has 0 saturated carbocycles. The lowest BCUT2D eigenvalue weighted by Crippen LogP contribution is -2.75. The smallest absolute Gasteiger partial charge is 0.289 e. The van der Waals surface area contributed by atoms with Gasteiger partial charge in [-0.3, -0.25) is 4.79 Å². The maximum absolute atomic E-state index is 14.2. The lowest BCUT2D eigenvalue weighted by atomic mass is 9.12. The minimum atomic E-state index is -6.13. The largest absolute Gasteiger partial charge is 0.416 e. The van der Waals surface area contributed by atoms with E-state index in [2.05, 4.69) is 60.9 Å². The van der Waals surface area contributed by atoms with Crippen molar-refractivity contribution in [3.05, 3.63) is 208 Å². The van der Waals surface area contributed by atoms with Crippen molar-refractivity contribution in [1.82, 2.24) is 0 Å². The van der Waals surface area contributed by atoms with E-state index in [1.165, 1.54) is 26.4 Å². The Morgan fingerprint density at radius 1 is 0.329 bits per heavy atom. The van der Waals surface area contributed by atoms with Gasteiger partial charge in [0, 0.05) is 27.2 Å². The van der Waals surface area contributed by atoms with E-state index in [1.54, 1.807) is 0 Å². The maximum atomic E-state index is 14.2. The van der Waals surface area contributed by atoms with Gasteiger partial charge in [0.1, 0.15) is 12.4 Å². The number of hydrogen-bond acceptors (Lipinski definition) is 1. The molecule has 0 heterocycles. The molecule has 1 atom stereocenters. The first kappa shape index (κ1) is 62.3. The molecule has 0 saturated heterocycles. The van der Waals surface area contributed by atoms with E-state index >= 15 is 0 Å². The van der Waals surface area contributed by atoms with Gasteiger partial charge in [0.25, 0.3) is 0 Å². The van der Waals surface area contributed by atoms with Crippen molar-refractivity contribution in [2.45, 2.75) is 54.3 Å². The number of Topliss-reactive ketones (excluding diaryl/α,β-unsaturated/α-hetero) is 1. The van der Waals surface area contributed by atoms with E-state index in [9.17, 15) is 110 Å². The number of hydrogen-bond donors (Lipinski definition) is 0. The third-order valence-corrected chi connectivity index (χ3v) is 14.8. The van der Waals surface area contributed by atoms with Crippen molar-refractivity contribution in [3.8, 4) is 0 Å². The molecule has 8 aromatic rings. The van der Waals surface area contributed by atoms with Gasteiger partial charge in [-0.15, -0.1) is 0 Å². The van der Waals surface area contributed by atoms with Crippen LogP contribution in [-0.4, -0.2) is 23.9 Å². The van der Waals surface area contributed by atoms with Crippen LogP contribution in [0.5, 0.6) is 0 Å². The van der Waals surface area contributed by atoms with E-state index in [4.69, 9.17) is 0 Å². The molecule has 0 amide bonds. The summed E-state index contributed by atoms with van der Waals surface area (Å²) in [5.74, 6) is 0.755. The summed E-state index contributed by atoms with van der Waals surface area (Å²) in [5, 5.41) is 4.99. The quantitative estimate of drug-likeness (QED) is 0.0487. The number of benzene rings is 8. The molecule has 0 fully saturated rings. The topological polar surface area (TPSA) is 17.1 Å². The van der Waals surface area contributed by atoms with Gasteiger partial charge in [-0.25, -0.2) is 0 Å². The van der Waals surface area contributed by atoms with Crippen LogP contribution >= 0.6 is 0 Å². The van der Waals surface area contributed by atoms with Crippen molar-refractivity contribution in [2.24, 2.45) is 0 Å². The lowest BCUT2D eigenvalue weighted by molar-refractivity contribution is -0.144. The zero-order chi connectivity index (χ0) is 61.1. The van der Waals surface area contributed by atoms with E-state index in [-0.39, 0.29) is 16.7 Å². The summed E-state index contributed by atoms with van der Waals surface area (Å²) in [6.45, 7) is 0. The van der Waals surface area contributed by atoms with Crippen LogP contribution in [0.4, 0.5) is 105 Å². The predicted octanol–water partition coefficient (Wildman–Crippen LogP) is 16.7. The summed E-state index contributed by atoms with van der Waals surface area (Å²) in [5.41, 5.74) is -29.4. The van der Waals surface area contributed by atoms with Crippen LogP contribution in [-0.2, 0) is 60.3 Å². The second kappa shape index (κ2) is 21.8. The Kier molecular flexibility index (Phi) is 16.5. The highest BCUT2D eigenvalue weighted by molar-refractivity contribution is 7.97. The van der Waals surface area contributed by atoms with Gasteiger partial charge in [-0.1, -0.05) is 115 Å². The molecule has 0 N–H and O–H groups in total. The van der Waals surface area contributed by atoms with Crippen molar-refractivity contribution in [2.75, 3.05) is 12.0 Å². The minimum absolute atomic E-state index is 0.163. The Morgan fingerprint density at radius 2 is 0.561 bits per heavy atom. The molecule has 0 aliphatic heterocycles. The average Bonchev–Trinajstić information content (AvgIpc) is 2.39. The maximum Gasteiger partial charge on any atom is 0.416 e. The van der Waals surface area contributed by atoms with Gasteiger partial charge in [0.15, 0.2) is 10.6 Å². The molecule has 82 heavy (non-hydrogen) atoms. The second-order valence-electron chi connectivity index (χ2n) is 18.4. The molecule has 0 radical (unpaired) electrons. The fraction of sp³-hybridized carbons (Fsp3) is 0.182. The fourth-order valence-corrected chi connectivity index (χ4v) is 11.2. The third-order valence-electron chi connectivity index (χ3n) is 13.0. The third kappa shape index (κ3) is 13.4.